The standard InChI is InChI=1S/C36H53NO5/c1-2-3-4-5-6-7-8-9-10-11-12-13-20-25-32(38)37-33-35(40-27-30-23-18-15-19-24-30)34(31-28-41-36(33)42-31)39-26-29-21-16-14-17-22-29/h14-19,21-24,31,33-36H,2-13,20,25-28H2,1H3,(H,37,38)/t31-,33-,34-,35-,36-/m1/s1. The summed E-state index contributed by atoms with van der Waals surface area (Å²) in [6.07, 6.45) is 15.8. The average molecular weight is 580 g/mol. The zero-order chi connectivity index (χ0) is 29.2. The smallest absolute Gasteiger partial charge is 0.220 e. The van der Waals surface area contributed by atoms with E-state index in [2.05, 4.69) is 12.2 Å². The Kier molecular flexibility index (Phi) is 14.9. The van der Waals surface area contributed by atoms with E-state index < -0.39 is 12.3 Å². The lowest BCUT2D eigenvalue weighted by Crippen LogP contribution is -2.62. The van der Waals surface area contributed by atoms with Crippen LogP contribution in [-0.4, -0.2) is 43.2 Å². The van der Waals surface area contributed by atoms with Gasteiger partial charge in [-0.1, -0.05) is 145 Å². The molecule has 0 radical (unpaired) electrons. The Hall–Kier alpha value is -2.25. The number of hydrogen-bond donors (Lipinski definition) is 1. The maximum atomic E-state index is 13.1. The van der Waals surface area contributed by atoms with E-state index in [0.717, 1.165) is 24.0 Å². The molecule has 2 fully saturated rings. The van der Waals surface area contributed by atoms with Gasteiger partial charge in [0, 0.05) is 6.42 Å². The molecule has 5 atom stereocenters. The second kappa shape index (κ2) is 19.1. The SMILES string of the molecule is CCCCCCCCCCCCCCCC(=O)N[C@H]1[C@@H]2OC[C@@H](O2)[C@@H](OCc2ccccc2)[C@@H]1OCc1ccccc1. The van der Waals surface area contributed by atoms with E-state index in [1.54, 1.807) is 0 Å². The fourth-order valence-corrected chi connectivity index (χ4v) is 6.02. The number of carbonyl (C=O) groups excluding carboxylic acids is 1. The summed E-state index contributed by atoms with van der Waals surface area (Å²) in [6.45, 7) is 3.58. The monoisotopic (exact) mass is 579 g/mol. The second-order valence-electron chi connectivity index (χ2n) is 12.0. The first kappa shape index (κ1) is 32.7. The van der Waals surface area contributed by atoms with Crippen molar-refractivity contribution in [3.8, 4) is 0 Å². The first-order valence-corrected chi connectivity index (χ1v) is 16.6. The van der Waals surface area contributed by atoms with Crippen molar-refractivity contribution < 1.29 is 23.7 Å². The molecule has 2 saturated heterocycles. The fraction of sp³-hybridized carbons (Fsp3) is 0.639. The Morgan fingerprint density at radius 1 is 0.714 bits per heavy atom. The van der Waals surface area contributed by atoms with E-state index in [1.807, 2.05) is 60.7 Å². The van der Waals surface area contributed by atoms with Gasteiger partial charge in [0.1, 0.15) is 24.4 Å². The number of carbonyl (C=O) groups is 1. The molecule has 0 unspecified atom stereocenters. The van der Waals surface area contributed by atoms with Gasteiger partial charge in [0.05, 0.1) is 19.8 Å². The van der Waals surface area contributed by atoms with Gasteiger partial charge >= 0.3 is 0 Å². The van der Waals surface area contributed by atoms with Crippen LogP contribution in [0.1, 0.15) is 108 Å². The van der Waals surface area contributed by atoms with Crippen molar-refractivity contribution in [3.05, 3.63) is 71.8 Å². The molecule has 0 saturated carbocycles. The Morgan fingerprint density at radius 3 is 1.76 bits per heavy atom. The minimum atomic E-state index is -0.525. The van der Waals surface area contributed by atoms with Crippen LogP contribution >= 0.6 is 0 Å². The van der Waals surface area contributed by atoms with Crippen molar-refractivity contribution >= 4 is 5.91 Å². The molecule has 0 aliphatic carbocycles. The van der Waals surface area contributed by atoms with Crippen molar-refractivity contribution in [1.29, 1.82) is 0 Å². The number of unbranched alkanes of at least 4 members (excludes halogenated alkanes) is 12. The topological polar surface area (TPSA) is 66.0 Å². The Balaban J connectivity index is 1.20. The molecule has 232 valence electrons. The number of nitrogens with one attached hydrogen (secondary N) is 1. The highest BCUT2D eigenvalue weighted by Gasteiger charge is 2.52. The summed E-state index contributed by atoms with van der Waals surface area (Å²) in [5.74, 6) is 0.0238. The maximum Gasteiger partial charge on any atom is 0.220 e. The van der Waals surface area contributed by atoms with Gasteiger partial charge in [-0.2, -0.15) is 0 Å². The van der Waals surface area contributed by atoms with E-state index in [1.165, 1.54) is 70.6 Å². The second-order valence-corrected chi connectivity index (χ2v) is 12.0. The van der Waals surface area contributed by atoms with Crippen LogP contribution in [-0.2, 0) is 37.0 Å². The van der Waals surface area contributed by atoms with Gasteiger partial charge < -0.3 is 24.3 Å². The highest BCUT2D eigenvalue weighted by Crippen LogP contribution is 2.33. The minimum Gasteiger partial charge on any atom is -0.368 e. The van der Waals surface area contributed by atoms with Crippen LogP contribution in [0.4, 0.5) is 0 Å². The normalized spacial score (nSPS) is 23.2. The molecule has 42 heavy (non-hydrogen) atoms. The van der Waals surface area contributed by atoms with Crippen molar-refractivity contribution in [1.82, 2.24) is 5.32 Å². The zero-order valence-corrected chi connectivity index (χ0v) is 25.7. The summed E-state index contributed by atoms with van der Waals surface area (Å²) in [6, 6.07) is 19.8. The summed E-state index contributed by atoms with van der Waals surface area (Å²) < 4.78 is 25.1. The Bertz CT molecular complexity index is 987. The molecule has 2 aromatic carbocycles. The van der Waals surface area contributed by atoms with Gasteiger partial charge in [0.25, 0.3) is 0 Å². The molecular formula is C36H53NO5. The highest BCUT2D eigenvalue weighted by molar-refractivity contribution is 5.76. The Morgan fingerprint density at radius 2 is 1.21 bits per heavy atom. The average Bonchev–Trinajstić information content (AvgIpc) is 3.46. The summed E-state index contributed by atoms with van der Waals surface area (Å²) in [4.78, 5) is 13.1. The van der Waals surface area contributed by atoms with Gasteiger partial charge in [0.2, 0.25) is 5.91 Å². The molecule has 1 amide bonds. The van der Waals surface area contributed by atoms with Crippen LogP contribution in [0.5, 0.6) is 0 Å². The van der Waals surface area contributed by atoms with Gasteiger partial charge in [-0.05, 0) is 17.5 Å². The first-order chi connectivity index (χ1) is 20.7. The fourth-order valence-electron chi connectivity index (χ4n) is 6.02. The highest BCUT2D eigenvalue weighted by atomic mass is 16.7. The van der Waals surface area contributed by atoms with Crippen LogP contribution in [0.15, 0.2) is 60.7 Å². The molecular weight excluding hydrogens is 526 g/mol. The maximum absolute atomic E-state index is 13.1. The number of hydrogen-bond acceptors (Lipinski definition) is 5. The minimum absolute atomic E-state index is 0.0238. The van der Waals surface area contributed by atoms with Crippen molar-refractivity contribution in [2.24, 2.45) is 0 Å². The molecule has 0 spiro atoms. The van der Waals surface area contributed by atoms with E-state index in [-0.39, 0.29) is 24.2 Å². The molecule has 0 aromatic heterocycles. The van der Waals surface area contributed by atoms with Crippen molar-refractivity contribution in [2.75, 3.05) is 6.61 Å². The number of fused-ring (bicyclic) bond motifs is 2. The number of rotatable bonds is 21. The predicted molar refractivity (Wildman–Crippen MR) is 167 cm³/mol. The van der Waals surface area contributed by atoms with E-state index in [4.69, 9.17) is 18.9 Å². The number of benzene rings is 2. The lowest BCUT2D eigenvalue weighted by atomic mass is 9.97. The van der Waals surface area contributed by atoms with Crippen LogP contribution in [0, 0.1) is 0 Å². The number of amides is 1. The van der Waals surface area contributed by atoms with Gasteiger partial charge in [-0.15, -0.1) is 0 Å². The molecule has 2 heterocycles. The molecule has 1 N–H and O–H groups in total. The first-order valence-electron chi connectivity index (χ1n) is 16.6. The largest absolute Gasteiger partial charge is 0.368 e. The van der Waals surface area contributed by atoms with E-state index in [9.17, 15) is 4.79 Å². The lowest BCUT2D eigenvalue weighted by Gasteiger charge is -2.41. The van der Waals surface area contributed by atoms with Crippen LogP contribution in [0.3, 0.4) is 0 Å². The van der Waals surface area contributed by atoms with Crippen molar-refractivity contribution in [2.45, 2.75) is 141 Å². The van der Waals surface area contributed by atoms with Gasteiger partial charge in [-0.25, -0.2) is 0 Å². The zero-order valence-electron chi connectivity index (χ0n) is 25.7. The molecule has 2 bridgehead atoms. The molecule has 4 rings (SSSR count). The van der Waals surface area contributed by atoms with Crippen LogP contribution in [0.25, 0.3) is 0 Å². The summed E-state index contributed by atoms with van der Waals surface area (Å²) in [7, 11) is 0. The van der Waals surface area contributed by atoms with Gasteiger partial charge in [0.15, 0.2) is 6.29 Å². The third kappa shape index (κ3) is 11.1. The summed E-state index contributed by atoms with van der Waals surface area (Å²) in [5.41, 5.74) is 2.17. The lowest BCUT2D eigenvalue weighted by molar-refractivity contribution is -0.218. The van der Waals surface area contributed by atoms with Crippen molar-refractivity contribution in [3.63, 3.8) is 0 Å². The molecule has 6 nitrogen and oxygen atoms in total. The third-order valence-electron chi connectivity index (χ3n) is 8.48. The summed E-state index contributed by atoms with van der Waals surface area (Å²) >= 11 is 0. The molecule has 2 aliphatic heterocycles. The quantitative estimate of drug-likeness (QED) is 0.152. The van der Waals surface area contributed by atoms with Crippen LogP contribution < -0.4 is 5.32 Å². The Labute approximate surface area is 253 Å². The summed E-state index contributed by atoms with van der Waals surface area (Å²) in [5, 5.41) is 3.21. The molecule has 2 aliphatic rings. The molecule has 6 heteroatoms. The number of ether oxygens (including phenoxy) is 4. The third-order valence-corrected chi connectivity index (χ3v) is 8.48. The predicted octanol–water partition coefficient (Wildman–Crippen LogP) is 7.88. The van der Waals surface area contributed by atoms with Gasteiger partial charge in [-0.3, -0.25) is 4.79 Å². The molecule has 2 aromatic rings. The van der Waals surface area contributed by atoms with E-state index in [0.29, 0.717) is 26.2 Å². The van der Waals surface area contributed by atoms with Crippen LogP contribution in [0.2, 0.25) is 0 Å². The van der Waals surface area contributed by atoms with E-state index >= 15 is 0 Å².